The summed E-state index contributed by atoms with van der Waals surface area (Å²) in [6.07, 6.45) is 5.97. The molecule has 2 aliphatic rings. The number of nitrogens with one attached hydrogen (secondary N) is 3. The maximum Gasteiger partial charge on any atom is 0.318 e. The first-order valence-electron chi connectivity index (χ1n) is 18.5. The van der Waals surface area contributed by atoms with Crippen LogP contribution in [0.4, 0.5) is 4.79 Å². The van der Waals surface area contributed by atoms with E-state index in [0.717, 1.165) is 68.6 Å². The highest BCUT2D eigenvalue weighted by molar-refractivity contribution is 5.92. The fourth-order valence-corrected chi connectivity index (χ4v) is 6.83. The Balaban J connectivity index is 1.23. The van der Waals surface area contributed by atoms with Crippen LogP contribution in [0, 0.1) is 11.8 Å². The Morgan fingerprint density at radius 2 is 1.40 bits per heavy atom. The Morgan fingerprint density at radius 3 is 2.06 bits per heavy atom. The molecule has 9 nitrogen and oxygen atoms in total. The van der Waals surface area contributed by atoms with Crippen LogP contribution in [0.2, 0.25) is 0 Å². The fraction of sp³-hybridized carbons (Fsp3) is 0.488. The first-order valence-corrected chi connectivity index (χ1v) is 18.5. The van der Waals surface area contributed by atoms with Gasteiger partial charge >= 0.3 is 6.03 Å². The fourth-order valence-electron chi connectivity index (χ4n) is 6.83. The molecule has 5 rings (SSSR count). The highest BCUT2D eigenvalue weighted by Gasteiger charge is 2.30. The molecule has 2 saturated heterocycles. The minimum Gasteiger partial charge on any atom is -0.489 e. The zero-order valence-electron chi connectivity index (χ0n) is 29.8. The number of benzene rings is 3. The van der Waals surface area contributed by atoms with Crippen molar-refractivity contribution in [2.45, 2.75) is 84.0 Å². The Labute approximate surface area is 298 Å². The van der Waals surface area contributed by atoms with Gasteiger partial charge in [-0.2, -0.15) is 0 Å². The monoisotopic (exact) mass is 681 g/mol. The van der Waals surface area contributed by atoms with E-state index in [0.29, 0.717) is 45.0 Å². The molecule has 0 bridgehead atoms. The molecule has 0 saturated carbocycles. The van der Waals surface area contributed by atoms with E-state index in [1.807, 2.05) is 79.4 Å². The van der Waals surface area contributed by atoms with Crippen molar-refractivity contribution in [2.75, 3.05) is 32.7 Å². The number of nitrogens with zero attached hydrogens (tertiary/aromatic N) is 2. The third-order valence-corrected chi connectivity index (χ3v) is 9.64. The molecular weight excluding hydrogens is 626 g/mol. The molecule has 0 aromatic heterocycles. The first-order chi connectivity index (χ1) is 24.3. The van der Waals surface area contributed by atoms with E-state index in [2.05, 4.69) is 45.1 Å². The third-order valence-electron chi connectivity index (χ3n) is 9.64. The van der Waals surface area contributed by atoms with Gasteiger partial charge in [0.05, 0.1) is 0 Å². The van der Waals surface area contributed by atoms with Gasteiger partial charge in [-0.1, -0.05) is 99.5 Å². The summed E-state index contributed by atoms with van der Waals surface area (Å²) in [5.74, 6) is 0.692. The van der Waals surface area contributed by atoms with E-state index in [1.54, 1.807) is 0 Å². The molecule has 0 spiro atoms. The minimum absolute atomic E-state index is 0.173. The number of ether oxygens (including phenoxy) is 1. The van der Waals surface area contributed by atoms with Crippen molar-refractivity contribution in [3.05, 3.63) is 102 Å². The van der Waals surface area contributed by atoms with Crippen LogP contribution in [0.3, 0.4) is 0 Å². The normalized spacial score (nSPS) is 17.8. The molecule has 9 heteroatoms. The standard InChI is InChI=1S/C41H55N5O4/c1-31(2)25-37(44-41(49)46-22-11-3-4-12-23-46)40(48)43-38(26-32-17-19-36(20-18-32)50-30-34-15-9-6-10-16-34)39(47)42-27-35-21-24-45(29-35)28-33-13-7-5-8-14-33/h5-10,13-20,31,35,37-38H,3-4,11-12,21-30H2,1-2H3,(H,42,47)(H,43,48)(H,44,49)/t35?,37-,38-/m0/s1. The lowest BCUT2D eigenvalue weighted by Gasteiger charge is -2.27. The summed E-state index contributed by atoms with van der Waals surface area (Å²) in [4.78, 5) is 45.2. The number of amides is 4. The van der Waals surface area contributed by atoms with Crippen molar-refractivity contribution in [3.63, 3.8) is 0 Å². The van der Waals surface area contributed by atoms with Gasteiger partial charge in [0.2, 0.25) is 11.8 Å². The molecule has 0 aliphatic carbocycles. The number of carbonyl (C=O) groups is 3. The molecular formula is C41H55N5O4. The summed E-state index contributed by atoms with van der Waals surface area (Å²) in [6, 6.07) is 26.4. The van der Waals surface area contributed by atoms with Gasteiger partial charge in [-0.15, -0.1) is 0 Å². The molecule has 3 N–H and O–H groups in total. The van der Waals surface area contributed by atoms with E-state index in [9.17, 15) is 14.4 Å². The lowest BCUT2D eigenvalue weighted by Crippen LogP contribution is -2.56. The second kappa shape index (κ2) is 19.1. The maximum atomic E-state index is 13.9. The highest BCUT2D eigenvalue weighted by atomic mass is 16.5. The number of likely N-dealkylation sites (tertiary alicyclic amines) is 2. The summed E-state index contributed by atoms with van der Waals surface area (Å²) >= 11 is 0. The summed E-state index contributed by atoms with van der Waals surface area (Å²) in [5.41, 5.74) is 3.28. The quantitative estimate of drug-likeness (QED) is 0.185. The van der Waals surface area contributed by atoms with Crippen molar-refractivity contribution < 1.29 is 19.1 Å². The molecule has 4 amide bonds. The van der Waals surface area contributed by atoms with E-state index < -0.39 is 12.1 Å². The zero-order chi connectivity index (χ0) is 35.1. The van der Waals surface area contributed by atoms with Gasteiger partial charge in [0.25, 0.3) is 0 Å². The van der Waals surface area contributed by atoms with Crippen LogP contribution in [0.15, 0.2) is 84.9 Å². The van der Waals surface area contributed by atoms with Crippen molar-refractivity contribution >= 4 is 17.8 Å². The first kappa shape index (κ1) is 36.9. The summed E-state index contributed by atoms with van der Waals surface area (Å²) < 4.78 is 5.97. The van der Waals surface area contributed by atoms with Crippen LogP contribution < -0.4 is 20.7 Å². The van der Waals surface area contributed by atoms with Crippen molar-refractivity contribution in [1.82, 2.24) is 25.8 Å². The van der Waals surface area contributed by atoms with Gasteiger partial charge in [0.1, 0.15) is 24.4 Å². The van der Waals surface area contributed by atoms with Crippen LogP contribution >= 0.6 is 0 Å². The molecule has 3 atom stereocenters. The summed E-state index contributed by atoms with van der Waals surface area (Å²) in [5, 5.41) is 9.22. The number of rotatable bonds is 15. The SMILES string of the molecule is CC(C)C[C@H](NC(=O)N1CCCCCC1)C(=O)N[C@@H](Cc1ccc(OCc2ccccc2)cc1)C(=O)NCC1CCN(Cc2ccccc2)C1. The average molecular weight is 682 g/mol. The largest absolute Gasteiger partial charge is 0.489 e. The summed E-state index contributed by atoms with van der Waals surface area (Å²) in [7, 11) is 0. The predicted molar refractivity (Wildman–Crippen MR) is 198 cm³/mol. The van der Waals surface area contributed by atoms with Gasteiger partial charge in [0, 0.05) is 39.1 Å². The number of hydrogen-bond donors (Lipinski definition) is 3. The minimum atomic E-state index is -0.801. The molecule has 2 heterocycles. The van der Waals surface area contributed by atoms with Crippen LogP contribution in [-0.2, 0) is 29.2 Å². The molecule has 3 aromatic rings. The Morgan fingerprint density at radius 1 is 0.740 bits per heavy atom. The van der Waals surface area contributed by atoms with Gasteiger partial charge in [-0.25, -0.2) is 4.79 Å². The Hall–Kier alpha value is -4.37. The van der Waals surface area contributed by atoms with E-state index in [1.165, 1.54) is 5.56 Å². The predicted octanol–water partition coefficient (Wildman–Crippen LogP) is 5.93. The molecule has 0 radical (unpaired) electrons. The van der Waals surface area contributed by atoms with Crippen LogP contribution in [0.5, 0.6) is 5.75 Å². The highest BCUT2D eigenvalue weighted by Crippen LogP contribution is 2.19. The van der Waals surface area contributed by atoms with Gasteiger partial charge < -0.3 is 25.6 Å². The maximum absolute atomic E-state index is 13.9. The molecule has 2 fully saturated rings. The Kier molecular flexibility index (Phi) is 14.1. The molecule has 268 valence electrons. The van der Waals surface area contributed by atoms with Crippen LogP contribution in [0.1, 0.15) is 69.1 Å². The lowest BCUT2D eigenvalue weighted by atomic mass is 10.0. The van der Waals surface area contributed by atoms with E-state index in [-0.39, 0.29) is 23.8 Å². The topological polar surface area (TPSA) is 103 Å². The Bertz CT molecular complexity index is 1480. The van der Waals surface area contributed by atoms with Gasteiger partial charge in [-0.3, -0.25) is 14.5 Å². The second-order valence-electron chi connectivity index (χ2n) is 14.3. The lowest BCUT2D eigenvalue weighted by molar-refractivity contribution is -0.130. The average Bonchev–Trinajstić information content (AvgIpc) is 3.38. The van der Waals surface area contributed by atoms with Crippen molar-refractivity contribution in [3.8, 4) is 5.75 Å². The third kappa shape index (κ3) is 11.9. The van der Waals surface area contributed by atoms with Crippen LogP contribution in [0.25, 0.3) is 0 Å². The summed E-state index contributed by atoms with van der Waals surface area (Å²) in [6.45, 7) is 9.27. The molecule has 3 aromatic carbocycles. The number of carbonyl (C=O) groups excluding carboxylic acids is 3. The zero-order valence-corrected chi connectivity index (χ0v) is 29.8. The van der Waals surface area contributed by atoms with Gasteiger partial charge in [-0.05, 0) is 72.9 Å². The second-order valence-corrected chi connectivity index (χ2v) is 14.3. The number of urea groups is 1. The smallest absolute Gasteiger partial charge is 0.318 e. The van der Waals surface area contributed by atoms with Crippen LogP contribution in [-0.4, -0.2) is 72.5 Å². The van der Waals surface area contributed by atoms with Crippen molar-refractivity contribution in [2.24, 2.45) is 11.8 Å². The van der Waals surface area contributed by atoms with Gasteiger partial charge in [0.15, 0.2) is 0 Å². The molecule has 50 heavy (non-hydrogen) atoms. The van der Waals surface area contributed by atoms with E-state index >= 15 is 0 Å². The molecule has 1 unspecified atom stereocenters. The number of hydrogen-bond acceptors (Lipinski definition) is 5. The van der Waals surface area contributed by atoms with E-state index in [4.69, 9.17) is 4.74 Å². The molecule has 2 aliphatic heterocycles. The van der Waals surface area contributed by atoms with Crippen molar-refractivity contribution in [1.29, 1.82) is 0 Å².